The first-order valence-electron chi connectivity index (χ1n) is 9.39. The summed E-state index contributed by atoms with van der Waals surface area (Å²) in [6.45, 7) is -0.0302. The zero-order valence-electron chi connectivity index (χ0n) is 15.6. The minimum Gasteiger partial charge on any atom is -0.484 e. The summed E-state index contributed by atoms with van der Waals surface area (Å²) in [7, 11) is 0. The van der Waals surface area contributed by atoms with Gasteiger partial charge in [-0.1, -0.05) is 25.3 Å². The van der Waals surface area contributed by atoms with E-state index >= 15 is 0 Å². The van der Waals surface area contributed by atoms with Gasteiger partial charge in [0.1, 0.15) is 11.5 Å². The van der Waals surface area contributed by atoms with Crippen molar-refractivity contribution in [2.24, 2.45) is 5.41 Å². The van der Waals surface area contributed by atoms with Gasteiger partial charge in [0, 0.05) is 18.8 Å². The summed E-state index contributed by atoms with van der Waals surface area (Å²) in [4.78, 5) is 27.8. The van der Waals surface area contributed by atoms with Crippen LogP contribution in [-0.4, -0.2) is 35.1 Å². The molecule has 0 saturated heterocycles. The number of hydrogen-bond donors (Lipinski definition) is 2. The van der Waals surface area contributed by atoms with Gasteiger partial charge in [-0.25, -0.2) is 4.98 Å². The van der Waals surface area contributed by atoms with E-state index in [-0.39, 0.29) is 19.1 Å². The average Bonchev–Trinajstić information content (AvgIpc) is 2.73. The Morgan fingerprint density at radius 3 is 2.39 bits per heavy atom. The van der Waals surface area contributed by atoms with Crippen molar-refractivity contribution in [3.8, 4) is 17.4 Å². The van der Waals surface area contributed by atoms with Gasteiger partial charge in [-0.3, -0.25) is 9.59 Å². The Kier molecular flexibility index (Phi) is 6.47. The van der Waals surface area contributed by atoms with Crippen molar-refractivity contribution in [1.82, 2.24) is 10.3 Å². The van der Waals surface area contributed by atoms with E-state index in [1.807, 2.05) is 6.07 Å². The van der Waals surface area contributed by atoms with Gasteiger partial charge >= 0.3 is 5.97 Å². The molecule has 2 aromatic rings. The van der Waals surface area contributed by atoms with Crippen molar-refractivity contribution in [1.29, 1.82) is 0 Å². The Morgan fingerprint density at radius 2 is 1.75 bits per heavy atom. The van der Waals surface area contributed by atoms with Crippen LogP contribution in [-0.2, 0) is 9.59 Å². The van der Waals surface area contributed by atoms with Crippen molar-refractivity contribution in [3.63, 3.8) is 0 Å². The number of pyridine rings is 1. The molecule has 2 N–H and O–H groups in total. The summed E-state index contributed by atoms with van der Waals surface area (Å²) in [5.41, 5.74) is -0.849. The third-order valence-corrected chi connectivity index (χ3v) is 4.94. The van der Waals surface area contributed by atoms with Crippen LogP contribution in [0.4, 0.5) is 0 Å². The fraction of sp³-hybridized carbons (Fsp3) is 0.381. The number of carbonyl (C=O) groups is 2. The molecule has 1 aromatic heterocycles. The van der Waals surface area contributed by atoms with Crippen molar-refractivity contribution >= 4 is 11.9 Å². The fourth-order valence-electron chi connectivity index (χ4n) is 3.29. The first kappa shape index (κ1) is 19.7. The summed E-state index contributed by atoms with van der Waals surface area (Å²) in [6.07, 6.45) is 5.65. The quantitative estimate of drug-likeness (QED) is 0.724. The van der Waals surface area contributed by atoms with Crippen molar-refractivity contribution in [2.45, 2.75) is 32.1 Å². The van der Waals surface area contributed by atoms with E-state index < -0.39 is 11.4 Å². The molecule has 0 atom stereocenters. The number of carbonyl (C=O) groups excluding carboxylic acids is 1. The summed E-state index contributed by atoms with van der Waals surface area (Å²) < 4.78 is 11.1. The molecule has 1 aliphatic carbocycles. The lowest BCUT2D eigenvalue weighted by Crippen LogP contribution is -2.45. The largest absolute Gasteiger partial charge is 0.484 e. The summed E-state index contributed by atoms with van der Waals surface area (Å²) in [6, 6.07) is 12.2. The molecule has 1 fully saturated rings. The molecular weight excluding hydrogens is 360 g/mol. The van der Waals surface area contributed by atoms with Gasteiger partial charge < -0.3 is 19.9 Å². The number of rotatable bonds is 8. The molecule has 0 bridgehead atoms. The summed E-state index contributed by atoms with van der Waals surface area (Å²) in [5.74, 6) is 0.452. The first-order valence-corrected chi connectivity index (χ1v) is 9.39. The van der Waals surface area contributed by atoms with Gasteiger partial charge in [-0.15, -0.1) is 0 Å². The van der Waals surface area contributed by atoms with Crippen molar-refractivity contribution < 1.29 is 24.2 Å². The molecule has 148 valence electrons. The molecule has 0 unspecified atom stereocenters. The van der Waals surface area contributed by atoms with Crippen LogP contribution in [0.25, 0.3) is 0 Å². The van der Waals surface area contributed by atoms with E-state index in [1.165, 1.54) is 0 Å². The second-order valence-electron chi connectivity index (χ2n) is 6.95. The summed E-state index contributed by atoms with van der Waals surface area (Å²) >= 11 is 0. The SMILES string of the molecule is O=C(COc1ccc(Oc2ccccn2)cc1)NCC1(C(=O)O)CCCCC1. The maximum Gasteiger partial charge on any atom is 0.311 e. The smallest absolute Gasteiger partial charge is 0.311 e. The van der Waals surface area contributed by atoms with Crippen LogP contribution in [0.5, 0.6) is 17.4 Å². The second kappa shape index (κ2) is 9.21. The number of hydrogen-bond acceptors (Lipinski definition) is 5. The van der Waals surface area contributed by atoms with E-state index in [0.29, 0.717) is 30.2 Å². The molecule has 28 heavy (non-hydrogen) atoms. The molecule has 1 amide bonds. The Labute approximate surface area is 163 Å². The van der Waals surface area contributed by atoms with E-state index in [4.69, 9.17) is 9.47 Å². The fourth-order valence-corrected chi connectivity index (χ4v) is 3.29. The molecule has 7 nitrogen and oxygen atoms in total. The molecule has 1 heterocycles. The van der Waals surface area contributed by atoms with Crippen LogP contribution in [0, 0.1) is 5.41 Å². The number of carboxylic acid groups (broad SMARTS) is 1. The lowest BCUT2D eigenvalue weighted by Gasteiger charge is -2.33. The number of benzene rings is 1. The van der Waals surface area contributed by atoms with E-state index in [1.54, 1.807) is 42.6 Å². The number of nitrogens with zero attached hydrogens (tertiary/aromatic N) is 1. The van der Waals surface area contributed by atoms with Crippen LogP contribution >= 0.6 is 0 Å². The Morgan fingerprint density at radius 1 is 1.04 bits per heavy atom. The van der Waals surface area contributed by atoms with Gasteiger partial charge in [0.2, 0.25) is 5.88 Å². The van der Waals surface area contributed by atoms with Crippen molar-refractivity contribution in [3.05, 3.63) is 48.7 Å². The first-order chi connectivity index (χ1) is 13.6. The predicted molar refractivity (Wildman–Crippen MR) is 102 cm³/mol. The van der Waals surface area contributed by atoms with Crippen LogP contribution in [0.15, 0.2) is 48.7 Å². The van der Waals surface area contributed by atoms with Crippen LogP contribution in [0.3, 0.4) is 0 Å². The lowest BCUT2D eigenvalue weighted by atomic mass is 9.74. The molecule has 7 heteroatoms. The number of nitrogens with one attached hydrogen (secondary N) is 1. The highest BCUT2D eigenvalue weighted by atomic mass is 16.5. The molecule has 1 aromatic carbocycles. The number of amides is 1. The van der Waals surface area contributed by atoms with Crippen LogP contribution in [0.2, 0.25) is 0 Å². The average molecular weight is 384 g/mol. The number of ether oxygens (including phenoxy) is 2. The molecule has 1 aliphatic rings. The normalized spacial score (nSPS) is 15.4. The standard InChI is InChI=1S/C21H24N2O5/c24-18(23-15-21(20(25)26)11-3-1-4-12-21)14-27-16-7-9-17(10-8-16)28-19-6-2-5-13-22-19/h2,5-10,13H,1,3-4,11-12,14-15H2,(H,23,24)(H,25,26). The Bertz CT molecular complexity index is 786. The minimum absolute atomic E-state index is 0.140. The topological polar surface area (TPSA) is 97.8 Å². The van der Waals surface area contributed by atoms with Gasteiger partial charge in [0.05, 0.1) is 5.41 Å². The van der Waals surface area contributed by atoms with Crippen molar-refractivity contribution in [2.75, 3.05) is 13.2 Å². The van der Waals surface area contributed by atoms with Gasteiger partial charge in [-0.2, -0.15) is 0 Å². The molecular formula is C21H24N2O5. The van der Waals surface area contributed by atoms with Crippen LogP contribution < -0.4 is 14.8 Å². The molecule has 0 radical (unpaired) electrons. The molecule has 0 spiro atoms. The van der Waals surface area contributed by atoms with Gasteiger partial charge in [0.25, 0.3) is 5.91 Å². The van der Waals surface area contributed by atoms with E-state index in [0.717, 1.165) is 19.3 Å². The molecule has 0 aliphatic heterocycles. The maximum absolute atomic E-state index is 12.1. The highest BCUT2D eigenvalue weighted by Crippen LogP contribution is 2.36. The minimum atomic E-state index is -0.849. The van der Waals surface area contributed by atoms with E-state index in [2.05, 4.69) is 10.3 Å². The number of aromatic nitrogens is 1. The molecule has 1 saturated carbocycles. The monoisotopic (exact) mass is 384 g/mol. The zero-order valence-corrected chi connectivity index (χ0v) is 15.6. The third-order valence-electron chi connectivity index (χ3n) is 4.94. The Balaban J connectivity index is 1.46. The highest BCUT2D eigenvalue weighted by molar-refractivity contribution is 5.80. The lowest BCUT2D eigenvalue weighted by molar-refractivity contribution is -0.151. The zero-order chi connectivity index (χ0) is 19.8. The van der Waals surface area contributed by atoms with Gasteiger partial charge in [-0.05, 0) is 43.2 Å². The van der Waals surface area contributed by atoms with E-state index in [9.17, 15) is 14.7 Å². The van der Waals surface area contributed by atoms with Gasteiger partial charge in [0.15, 0.2) is 6.61 Å². The predicted octanol–water partition coefficient (Wildman–Crippen LogP) is 3.40. The third kappa shape index (κ3) is 5.22. The number of carboxylic acids is 1. The molecule has 3 rings (SSSR count). The number of aliphatic carboxylic acids is 1. The second-order valence-corrected chi connectivity index (χ2v) is 6.95. The van der Waals surface area contributed by atoms with Crippen LogP contribution in [0.1, 0.15) is 32.1 Å². The highest BCUT2D eigenvalue weighted by Gasteiger charge is 2.39. The summed E-state index contributed by atoms with van der Waals surface area (Å²) in [5, 5.41) is 12.3. The maximum atomic E-state index is 12.1. The Hall–Kier alpha value is -3.09.